The van der Waals surface area contributed by atoms with Crippen LogP contribution in [0.2, 0.25) is 0 Å². The van der Waals surface area contributed by atoms with Crippen LogP contribution in [0.4, 0.5) is 5.69 Å². The van der Waals surface area contributed by atoms with Crippen LogP contribution in [0.3, 0.4) is 0 Å². The van der Waals surface area contributed by atoms with E-state index in [4.69, 9.17) is 0 Å². The molecule has 3 rings (SSSR count). The van der Waals surface area contributed by atoms with Gasteiger partial charge in [-0.3, -0.25) is 23.6 Å². The summed E-state index contributed by atoms with van der Waals surface area (Å²) in [4.78, 5) is 38.7. The standard InChI is InChI=1S/C20H20N2O5S/c1-14(22(28(2,26)27)16-11-7-4-8-12-16)19(24)21-13-17(18(23)20(21)25)15-9-5-3-6-10-15/h3-12,14,17H,13H2,1-2H3/t14-,17+/m1/s1. The smallest absolute Gasteiger partial charge is 0.288 e. The van der Waals surface area contributed by atoms with E-state index >= 15 is 0 Å². The van der Waals surface area contributed by atoms with Gasteiger partial charge in [0.25, 0.3) is 11.8 Å². The van der Waals surface area contributed by atoms with Crippen LogP contribution in [0.5, 0.6) is 0 Å². The van der Waals surface area contributed by atoms with Crippen molar-refractivity contribution >= 4 is 33.3 Å². The molecule has 28 heavy (non-hydrogen) atoms. The Labute approximate surface area is 163 Å². The molecule has 1 aliphatic heterocycles. The van der Waals surface area contributed by atoms with Crippen molar-refractivity contribution in [2.24, 2.45) is 0 Å². The normalized spacial score (nSPS) is 18.2. The average Bonchev–Trinajstić information content (AvgIpc) is 2.97. The fourth-order valence-corrected chi connectivity index (χ4v) is 4.53. The molecule has 0 N–H and O–H groups in total. The van der Waals surface area contributed by atoms with Gasteiger partial charge in [0.2, 0.25) is 15.8 Å². The number of nitrogens with zero attached hydrogens (tertiary/aromatic N) is 2. The SMILES string of the molecule is C[C@H](C(=O)N1C[C@@H](c2ccccc2)C(=O)C1=O)N(c1ccccc1)S(C)(=O)=O. The Kier molecular flexibility index (Phi) is 5.33. The maximum absolute atomic E-state index is 13.0. The number of hydrogen-bond donors (Lipinski definition) is 0. The van der Waals surface area contributed by atoms with E-state index in [0.717, 1.165) is 15.5 Å². The van der Waals surface area contributed by atoms with Crippen LogP contribution >= 0.6 is 0 Å². The maximum Gasteiger partial charge on any atom is 0.297 e. The second kappa shape index (κ2) is 7.55. The predicted octanol–water partition coefficient (Wildman–Crippen LogP) is 1.56. The predicted molar refractivity (Wildman–Crippen MR) is 104 cm³/mol. The largest absolute Gasteiger partial charge is 0.297 e. The first-order valence-electron chi connectivity index (χ1n) is 8.70. The summed E-state index contributed by atoms with van der Waals surface area (Å²) >= 11 is 0. The molecule has 1 fully saturated rings. The van der Waals surface area contributed by atoms with Gasteiger partial charge in [0.15, 0.2) is 0 Å². The number of carbonyl (C=O) groups excluding carboxylic acids is 3. The Bertz CT molecular complexity index is 1010. The summed E-state index contributed by atoms with van der Waals surface area (Å²) in [6, 6.07) is 15.7. The van der Waals surface area contributed by atoms with Gasteiger partial charge >= 0.3 is 0 Å². The van der Waals surface area contributed by atoms with Crippen molar-refractivity contribution in [3.05, 3.63) is 66.2 Å². The maximum atomic E-state index is 13.0. The number of amides is 2. The molecule has 0 spiro atoms. The summed E-state index contributed by atoms with van der Waals surface area (Å²) in [5.41, 5.74) is 0.954. The molecule has 1 saturated heterocycles. The molecule has 2 amide bonds. The monoisotopic (exact) mass is 400 g/mol. The third-order valence-corrected chi connectivity index (χ3v) is 5.92. The number of anilines is 1. The molecular weight excluding hydrogens is 380 g/mol. The van der Waals surface area contributed by atoms with Crippen molar-refractivity contribution in [1.82, 2.24) is 4.90 Å². The molecule has 2 atom stereocenters. The lowest BCUT2D eigenvalue weighted by Crippen LogP contribution is -2.50. The summed E-state index contributed by atoms with van der Waals surface area (Å²) in [6.07, 6.45) is 0.994. The number of hydrogen-bond acceptors (Lipinski definition) is 5. The molecule has 8 heteroatoms. The summed E-state index contributed by atoms with van der Waals surface area (Å²) < 4.78 is 25.6. The van der Waals surface area contributed by atoms with E-state index in [0.29, 0.717) is 11.3 Å². The zero-order chi connectivity index (χ0) is 20.5. The minimum absolute atomic E-state index is 0.1000. The topological polar surface area (TPSA) is 91.8 Å². The van der Waals surface area contributed by atoms with Crippen LogP contribution < -0.4 is 4.31 Å². The van der Waals surface area contributed by atoms with E-state index in [9.17, 15) is 22.8 Å². The molecule has 0 bridgehead atoms. The lowest BCUT2D eigenvalue weighted by atomic mass is 9.97. The Morgan fingerprint density at radius 2 is 1.57 bits per heavy atom. The number of carbonyl (C=O) groups is 3. The summed E-state index contributed by atoms with van der Waals surface area (Å²) in [5.74, 6) is -3.05. The van der Waals surface area contributed by atoms with Crippen LogP contribution in [0.15, 0.2) is 60.7 Å². The number of rotatable bonds is 5. The van der Waals surface area contributed by atoms with E-state index in [1.807, 2.05) is 0 Å². The lowest BCUT2D eigenvalue weighted by Gasteiger charge is -2.30. The Morgan fingerprint density at radius 3 is 2.11 bits per heavy atom. The number of benzene rings is 2. The summed E-state index contributed by atoms with van der Waals surface area (Å²) in [6.45, 7) is 1.31. The summed E-state index contributed by atoms with van der Waals surface area (Å²) in [7, 11) is -3.80. The van der Waals surface area contributed by atoms with E-state index in [2.05, 4.69) is 0 Å². The van der Waals surface area contributed by atoms with Crippen LogP contribution in [0.25, 0.3) is 0 Å². The van der Waals surface area contributed by atoms with Crippen molar-refractivity contribution in [2.75, 3.05) is 17.1 Å². The highest BCUT2D eigenvalue weighted by Crippen LogP contribution is 2.28. The van der Waals surface area contributed by atoms with Gasteiger partial charge in [-0.05, 0) is 24.6 Å². The highest BCUT2D eigenvalue weighted by Gasteiger charge is 2.45. The van der Waals surface area contributed by atoms with E-state index < -0.39 is 39.6 Å². The van der Waals surface area contributed by atoms with Crippen molar-refractivity contribution in [1.29, 1.82) is 0 Å². The molecule has 0 saturated carbocycles. The summed E-state index contributed by atoms with van der Waals surface area (Å²) in [5, 5.41) is 0. The van der Waals surface area contributed by atoms with E-state index in [-0.39, 0.29) is 6.54 Å². The average molecular weight is 400 g/mol. The fourth-order valence-electron chi connectivity index (χ4n) is 3.37. The Hall–Kier alpha value is -3.00. The third-order valence-electron chi connectivity index (χ3n) is 4.68. The first kappa shape index (κ1) is 19.8. The van der Waals surface area contributed by atoms with Gasteiger partial charge in [-0.1, -0.05) is 48.5 Å². The van der Waals surface area contributed by atoms with Crippen molar-refractivity contribution in [3.63, 3.8) is 0 Å². The molecule has 0 aliphatic carbocycles. The van der Waals surface area contributed by atoms with Gasteiger partial charge in [0.05, 0.1) is 17.9 Å². The molecule has 0 unspecified atom stereocenters. The fraction of sp³-hybridized carbons (Fsp3) is 0.250. The highest BCUT2D eigenvalue weighted by atomic mass is 32.2. The van der Waals surface area contributed by atoms with Crippen molar-refractivity contribution in [2.45, 2.75) is 18.9 Å². The molecule has 1 heterocycles. The molecule has 0 radical (unpaired) electrons. The van der Waals surface area contributed by atoms with Crippen LogP contribution in [0, 0.1) is 0 Å². The number of likely N-dealkylation sites (tertiary alicyclic amines) is 1. The van der Waals surface area contributed by atoms with E-state index in [1.165, 1.54) is 6.92 Å². The van der Waals surface area contributed by atoms with Gasteiger partial charge in [-0.2, -0.15) is 0 Å². The number of Topliss-reactive ketones (excluding diaryl/α,β-unsaturated/α-hetero) is 1. The Balaban J connectivity index is 1.90. The minimum atomic E-state index is -3.80. The lowest BCUT2D eigenvalue weighted by molar-refractivity contribution is -0.147. The van der Waals surface area contributed by atoms with Gasteiger partial charge in [-0.15, -0.1) is 0 Å². The molecule has 0 aromatic heterocycles. The third kappa shape index (κ3) is 3.68. The van der Waals surface area contributed by atoms with E-state index in [1.54, 1.807) is 60.7 Å². The van der Waals surface area contributed by atoms with Gasteiger partial charge < -0.3 is 0 Å². The molecule has 146 valence electrons. The van der Waals surface area contributed by atoms with Crippen LogP contribution in [0.1, 0.15) is 18.4 Å². The van der Waals surface area contributed by atoms with Crippen LogP contribution in [-0.2, 0) is 24.4 Å². The molecule has 2 aromatic rings. The van der Waals surface area contributed by atoms with Crippen molar-refractivity contribution in [3.8, 4) is 0 Å². The number of sulfonamides is 1. The number of imide groups is 1. The zero-order valence-electron chi connectivity index (χ0n) is 15.5. The van der Waals surface area contributed by atoms with Gasteiger partial charge in [0, 0.05) is 6.54 Å². The molecule has 1 aliphatic rings. The quantitative estimate of drug-likeness (QED) is 0.711. The molecular formula is C20H20N2O5S. The van der Waals surface area contributed by atoms with Gasteiger partial charge in [-0.25, -0.2) is 8.42 Å². The minimum Gasteiger partial charge on any atom is -0.288 e. The van der Waals surface area contributed by atoms with Crippen molar-refractivity contribution < 1.29 is 22.8 Å². The van der Waals surface area contributed by atoms with Gasteiger partial charge in [0.1, 0.15) is 6.04 Å². The number of para-hydroxylation sites is 1. The van der Waals surface area contributed by atoms with Crippen LogP contribution in [-0.4, -0.2) is 49.8 Å². The Morgan fingerprint density at radius 1 is 1.04 bits per heavy atom. The molecule has 2 aromatic carbocycles. The first-order chi connectivity index (χ1) is 13.2. The molecule has 7 nitrogen and oxygen atoms in total. The first-order valence-corrected chi connectivity index (χ1v) is 10.6. The zero-order valence-corrected chi connectivity index (χ0v) is 16.3. The number of ketones is 1. The second-order valence-corrected chi connectivity index (χ2v) is 8.51. The second-order valence-electron chi connectivity index (χ2n) is 6.65. The highest BCUT2D eigenvalue weighted by molar-refractivity contribution is 7.92.